The van der Waals surface area contributed by atoms with E-state index in [0.29, 0.717) is 22.6 Å². The smallest absolute Gasteiger partial charge is 0.260 e. The molecule has 0 atom stereocenters. The number of hydrazone groups is 1. The molecule has 0 radical (unpaired) electrons. The highest BCUT2D eigenvalue weighted by atomic mass is 32.2. The standard InChI is InChI=1S/C20H24N4O4S/c1-14-7-5-10-19(11-14)24(29(4,27)28)13-20(26)23-22-15(2)17-8-6-9-18(12-17)21-16(3)25/h5-12H,13H2,1-4H3,(H,21,25)(H,23,26)/b22-15-. The first-order valence-corrected chi connectivity index (χ1v) is 10.7. The number of carbonyl (C=O) groups excluding carboxylic acids is 2. The summed E-state index contributed by atoms with van der Waals surface area (Å²) in [5.74, 6) is -0.767. The van der Waals surface area contributed by atoms with Crippen LogP contribution in [0, 0.1) is 6.92 Å². The molecule has 8 nitrogen and oxygen atoms in total. The Hall–Kier alpha value is -3.20. The van der Waals surface area contributed by atoms with Gasteiger partial charge in [-0.1, -0.05) is 24.3 Å². The van der Waals surface area contributed by atoms with Gasteiger partial charge in [0.05, 0.1) is 17.7 Å². The third kappa shape index (κ3) is 6.72. The maximum absolute atomic E-state index is 12.3. The van der Waals surface area contributed by atoms with Crippen molar-refractivity contribution in [3.05, 3.63) is 59.7 Å². The summed E-state index contributed by atoms with van der Waals surface area (Å²) in [7, 11) is -3.65. The Morgan fingerprint density at radius 3 is 2.38 bits per heavy atom. The van der Waals surface area contributed by atoms with Gasteiger partial charge < -0.3 is 5.32 Å². The van der Waals surface area contributed by atoms with Crippen molar-refractivity contribution in [1.29, 1.82) is 0 Å². The Morgan fingerprint density at radius 2 is 1.76 bits per heavy atom. The molecule has 2 rings (SSSR count). The molecule has 2 aromatic carbocycles. The highest BCUT2D eigenvalue weighted by Gasteiger charge is 2.20. The number of carbonyl (C=O) groups is 2. The van der Waals surface area contributed by atoms with Crippen LogP contribution in [0.3, 0.4) is 0 Å². The lowest BCUT2D eigenvalue weighted by molar-refractivity contribution is -0.119. The summed E-state index contributed by atoms with van der Waals surface area (Å²) in [6.07, 6.45) is 1.05. The van der Waals surface area contributed by atoms with E-state index in [4.69, 9.17) is 0 Å². The van der Waals surface area contributed by atoms with Crippen LogP contribution in [-0.4, -0.2) is 38.7 Å². The number of nitrogens with zero attached hydrogens (tertiary/aromatic N) is 2. The van der Waals surface area contributed by atoms with E-state index in [1.54, 1.807) is 49.4 Å². The first-order valence-electron chi connectivity index (χ1n) is 8.82. The summed E-state index contributed by atoms with van der Waals surface area (Å²) in [4.78, 5) is 23.5. The van der Waals surface area contributed by atoms with Gasteiger partial charge in [-0.25, -0.2) is 13.8 Å². The zero-order chi connectivity index (χ0) is 21.6. The van der Waals surface area contributed by atoms with Crippen LogP contribution in [0.4, 0.5) is 11.4 Å². The molecule has 0 saturated heterocycles. The van der Waals surface area contributed by atoms with E-state index in [0.717, 1.165) is 16.1 Å². The number of hydrogen-bond donors (Lipinski definition) is 2. The predicted octanol–water partition coefficient (Wildman–Crippen LogP) is 2.26. The Bertz CT molecular complexity index is 1050. The molecule has 2 amide bonds. The minimum absolute atomic E-state index is 0.193. The number of amides is 2. The van der Waals surface area contributed by atoms with E-state index >= 15 is 0 Å². The lowest BCUT2D eigenvalue weighted by atomic mass is 10.1. The molecule has 0 spiro atoms. The molecule has 0 saturated carbocycles. The zero-order valence-electron chi connectivity index (χ0n) is 16.8. The Morgan fingerprint density at radius 1 is 1.07 bits per heavy atom. The van der Waals surface area contributed by atoms with Gasteiger partial charge in [0, 0.05) is 12.6 Å². The fraction of sp³-hybridized carbons (Fsp3) is 0.250. The van der Waals surface area contributed by atoms with E-state index in [1.807, 2.05) is 13.0 Å². The van der Waals surface area contributed by atoms with E-state index in [-0.39, 0.29) is 5.91 Å². The normalized spacial score (nSPS) is 11.7. The van der Waals surface area contributed by atoms with Crippen LogP contribution < -0.4 is 15.0 Å². The minimum atomic E-state index is -3.65. The first-order chi connectivity index (χ1) is 13.6. The number of benzene rings is 2. The highest BCUT2D eigenvalue weighted by Crippen LogP contribution is 2.18. The van der Waals surface area contributed by atoms with Crippen molar-refractivity contribution in [3.63, 3.8) is 0 Å². The van der Waals surface area contributed by atoms with Gasteiger partial charge in [0.25, 0.3) is 5.91 Å². The Kier molecular flexibility index (Phi) is 7.11. The molecular formula is C20H24N4O4S. The molecule has 0 heterocycles. The predicted molar refractivity (Wildman–Crippen MR) is 114 cm³/mol. The van der Waals surface area contributed by atoms with E-state index in [1.165, 1.54) is 6.92 Å². The molecule has 0 aliphatic heterocycles. The van der Waals surface area contributed by atoms with Crippen LogP contribution in [0.25, 0.3) is 0 Å². The second-order valence-corrected chi connectivity index (χ2v) is 8.51. The molecule has 0 aliphatic carbocycles. The number of rotatable bonds is 7. The second kappa shape index (κ2) is 9.33. The molecule has 0 bridgehead atoms. The summed E-state index contributed by atoms with van der Waals surface area (Å²) >= 11 is 0. The summed E-state index contributed by atoms with van der Waals surface area (Å²) in [5, 5.41) is 6.72. The van der Waals surface area contributed by atoms with Crippen LogP contribution >= 0.6 is 0 Å². The lowest BCUT2D eigenvalue weighted by Gasteiger charge is -2.21. The highest BCUT2D eigenvalue weighted by molar-refractivity contribution is 7.92. The van der Waals surface area contributed by atoms with Gasteiger partial charge in [-0.3, -0.25) is 13.9 Å². The number of anilines is 2. The average molecular weight is 417 g/mol. The van der Waals surface area contributed by atoms with Crippen LogP contribution in [-0.2, 0) is 19.6 Å². The van der Waals surface area contributed by atoms with Gasteiger partial charge in [-0.05, 0) is 49.2 Å². The van der Waals surface area contributed by atoms with Crippen molar-refractivity contribution in [2.24, 2.45) is 5.10 Å². The Balaban J connectivity index is 2.13. The van der Waals surface area contributed by atoms with Crippen LogP contribution in [0.1, 0.15) is 25.0 Å². The monoisotopic (exact) mass is 416 g/mol. The minimum Gasteiger partial charge on any atom is -0.326 e. The van der Waals surface area contributed by atoms with Gasteiger partial charge in [-0.15, -0.1) is 0 Å². The average Bonchev–Trinajstić information content (AvgIpc) is 2.63. The topological polar surface area (TPSA) is 108 Å². The van der Waals surface area contributed by atoms with Crippen molar-refractivity contribution in [3.8, 4) is 0 Å². The maximum atomic E-state index is 12.3. The van der Waals surface area contributed by atoms with Crippen LogP contribution in [0.5, 0.6) is 0 Å². The third-order valence-corrected chi connectivity index (χ3v) is 5.07. The number of sulfonamides is 1. The summed E-state index contributed by atoms with van der Waals surface area (Å²) in [6.45, 7) is 4.55. The molecule has 2 aromatic rings. The molecule has 0 unspecified atom stereocenters. The number of aryl methyl sites for hydroxylation is 1. The molecule has 0 aromatic heterocycles. The second-order valence-electron chi connectivity index (χ2n) is 6.60. The van der Waals surface area contributed by atoms with Crippen molar-refractivity contribution >= 4 is 38.9 Å². The van der Waals surface area contributed by atoms with Gasteiger partial charge in [0.15, 0.2) is 0 Å². The number of nitrogens with one attached hydrogen (secondary N) is 2. The molecule has 2 N–H and O–H groups in total. The fourth-order valence-electron chi connectivity index (χ4n) is 2.58. The van der Waals surface area contributed by atoms with Gasteiger partial charge in [-0.2, -0.15) is 5.10 Å². The van der Waals surface area contributed by atoms with E-state index in [2.05, 4.69) is 15.8 Å². The van der Waals surface area contributed by atoms with Crippen molar-refractivity contribution < 1.29 is 18.0 Å². The molecule has 154 valence electrons. The van der Waals surface area contributed by atoms with Gasteiger partial charge in [0.1, 0.15) is 6.54 Å². The van der Waals surface area contributed by atoms with Crippen molar-refractivity contribution in [1.82, 2.24) is 5.43 Å². The first kappa shape index (κ1) is 22.1. The summed E-state index contributed by atoms with van der Waals surface area (Å²) in [6, 6.07) is 13.9. The van der Waals surface area contributed by atoms with Crippen LogP contribution in [0.2, 0.25) is 0 Å². The van der Waals surface area contributed by atoms with Gasteiger partial charge in [0.2, 0.25) is 15.9 Å². The maximum Gasteiger partial charge on any atom is 0.260 e. The molecular weight excluding hydrogens is 392 g/mol. The quantitative estimate of drug-likeness (QED) is 0.533. The number of hydrogen-bond acceptors (Lipinski definition) is 5. The summed E-state index contributed by atoms with van der Waals surface area (Å²) in [5.41, 5.74) is 5.49. The van der Waals surface area contributed by atoms with E-state index in [9.17, 15) is 18.0 Å². The van der Waals surface area contributed by atoms with Gasteiger partial charge >= 0.3 is 0 Å². The molecule has 9 heteroatoms. The summed E-state index contributed by atoms with van der Waals surface area (Å²) < 4.78 is 25.3. The largest absolute Gasteiger partial charge is 0.326 e. The van der Waals surface area contributed by atoms with Crippen molar-refractivity contribution in [2.75, 3.05) is 22.4 Å². The van der Waals surface area contributed by atoms with E-state index < -0.39 is 22.5 Å². The molecule has 0 aliphatic rings. The van der Waals surface area contributed by atoms with Crippen LogP contribution in [0.15, 0.2) is 53.6 Å². The molecule has 0 fully saturated rings. The molecule has 29 heavy (non-hydrogen) atoms. The lowest BCUT2D eigenvalue weighted by Crippen LogP contribution is -2.39. The fourth-order valence-corrected chi connectivity index (χ4v) is 3.43. The zero-order valence-corrected chi connectivity index (χ0v) is 17.6. The third-order valence-electron chi connectivity index (χ3n) is 3.93. The SMILES string of the molecule is CC(=O)Nc1cccc(/C(C)=N\NC(=O)CN(c2cccc(C)c2)S(C)(=O)=O)c1. The van der Waals surface area contributed by atoms with Crippen molar-refractivity contribution in [2.45, 2.75) is 20.8 Å². The Labute approximate surface area is 170 Å².